The lowest BCUT2D eigenvalue weighted by Gasteiger charge is -2.33. The summed E-state index contributed by atoms with van der Waals surface area (Å²) in [6, 6.07) is 8.66. The van der Waals surface area contributed by atoms with E-state index >= 15 is 0 Å². The molecule has 7 heteroatoms. The Bertz CT molecular complexity index is 759. The van der Waals surface area contributed by atoms with Crippen molar-refractivity contribution in [2.45, 2.75) is 25.8 Å². The Labute approximate surface area is 144 Å². The SMILES string of the molecule is C[C@@H]1c2ccsc2CCN1C(=O)CCNc1ccccc1[N+](=O)[O-]. The van der Waals surface area contributed by atoms with Crippen LogP contribution in [0.2, 0.25) is 0 Å². The Balaban J connectivity index is 1.58. The molecular weight excluding hydrogens is 326 g/mol. The molecule has 24 heavy (non-hydrogen) atoms. The monoisotopic (exact) mass is 345 g/mol. The Morgan fingerprint density at radius 3 is 3.00 bits per heavy atom. The number of amides is 1. The first-order chi connectivity index (χ1) is 11.6. The van der Waals surface area contributed by atoms with Crippen molar-refractivity contribution in [1.82, 2.24) is 4.90 Å². The van der Waals surface area contributed by atoms with Crippen molar-refractivity contribution < 1.29 is 9.72 Å². The number of hydrogen-bond donors (Lipinski definition) is 1. The molecule has 0 fully saturated rings. The number of nitrogens with zero attached hydrogens (tertiary/aromatic N) is 2. The number of hydrogen-bond acceptors (Lipinski definition) is 5. The van der Waals surface area contributed by atoms with Gasteiger partial charge in [-0.25, -0.2) is 0 Å². The maximum absolute atomic E-state index is 12.5. The smallest absolute Gasteiger partial charge is 0.292 e. The van der Waals surface area contributed by atoms with Crippen LogP contribution in [0.15, 0.2) is 35.7 Å². The van der Waals surface area contributed by atoms with E-state index in [-0.39, 0.29) is 17.6 Å². The molecule has 1 aromatic heterocycles. The second-order valence-electron chi connectivity index (χ2n) is 5.76. The molecule has 0 saturated heterocycles. The van der Waals surface area contributed by atoms with Crippen LogP contribution in [0, 0.1) is 10.1 Å². The van der Waals surface area contributed by atoms with Crippen LogP contribution in [0.1, 0.15) is 29.8 Å². The van der Waals surface area contributed by atoms with E-state index in [1.54, 1.807) is 29.5 Å². The minimum Gasteiger partial charge on any atom is -0.379 e. The van der Waals surface area contributed by atoms with Crippen LogP contribution in [0.3, 0.4) is 0 Å². The zero-order valence-corrected chi connectivity index (χ0v) is 14.2. The molecule has 2 aromatic rings. The maximum Gasteiger partial charge on any atom is 0.292 e. The van der Waals surface area contributed by atoms with E-state index in [1.807, 2.05) is 4.90 Å². The van der Waals surface area contributed by atoms with Crippen LogP contribution in [0.4, 0.5) is 11.4 Å². The molecule has 0 spiro atoms. The van der Waals surface area contributed by atoms with E-state index < -0.39 is 4.92 Å². The number of anilines is 1. The van der Waals surface area contributed by atoms with E-state index in [9.17, 15) is 14.9 Å². The van der Waals surface area contributed by atoms with Gasteiger partial charge < -0.3 is 10.2 Å². The Morgan fingerprint density at radius 1 is 1.42 bits per heavy atom. The number of thiophene rings is 1. The van der Waals surface area contributed by atoms with E-state index in [2.05, 4.69) is 23.7 Å². The molecule has 126 valence electrons. The van der Waals surface area contributed by atoms with Gasteiger partial charge >= 0.3 is 0 Å². The van der Waals surface area contributed by atoms with Gasteiger partial charge in [0, 0.05) is 30.5 Å². The van der Waals surface area contributed by atoms with Crippen molar-refractivity contribution >= 4 is 28.6 Å². The highest BCUT2D eigenvalue weighted by atomic mass is 32.1. The molecular formula is C17H19N3O3S. The minimum absolute atomic E-state index is 0.0270. The Hall–Kier alpha value is -2.41. The van der Waals surface area contributed by atoms with Gasteiger partial charge in [-0.3, -0.25) is 14.9 Å². The van der Waals surface area contributed by atoms with Gasteiger partial charge in [-0.15, -0.1) is 11.3 Å². The molecule has 0 saturated carbocycles. The number of nitro groups is 1. The molecule has 1 aliphatic heterocycles. The molecule has 1 aliphatic rings. The normalized spacial score (nSPS) is 16.5. The number of fused-ring (bicyclic) bond motifs is 1. The van der Waals surface area contributed by atoms with E-state index in [4.69, 9.17) is 0 Å². The standard InChI is InChI=1S/C17H19N3O3S/c1-12-13-8-11-24-16(13)7-10-19(12)17(21)6-9-18-14-4-2-3-5-15(14)20(22)23/h2-5,8,11-12,18H,6-7,9-10H2,1H3/t12-/m1/s1. The van der Waals surface area contributed by atoms with Gasteiger partial charge in [0.1, 0.15) is 5.69 Å². The number of rotatable bonds is 5. The van der Waals surface area contributed by atoms with E-state index in [0.29, 0.717) is 18.7 Å². The van der Waals surface area contributed by atoms with Crippen molar-refractivity contribution in [2.75, 3.05) is 18.4 Å². The molecule has 1 atom stereocenters. The van der Waals surface area contributed by atoms with Crippen LogP contribution >= 0.6 is 11.3 Å². The molecule has 1 N–H and O–H groups in total. The quantitative estimate of drug-likeness (QED) is 0.663. The van der Waals surface area contributed by atoms with Gasteiger partial charge in [-0.2, -0.15) is 0 Å². The lowest BCUT2D eigenvalue weighted by molar-refractivity contribution is -0.384. The fourth-order valence-corrected chi connectivity index (χ4v) is 4.04. The number of carbonyl (C=O) groups is 1. The Kier molecular flexibility index (Phi) is 4.80. The number of nitrogens with one attached hydrogen (secondary N) is 1. The maximum atomic E-state index is 12.5. The highest BCUT2D eigenvalue weighted by Gasteiger charge is 2.27. The molecule has 0 aliphatic carbocycles. The average molecular weight is 345 g/mol. The highest BCUT2D eigenvalue weighted by molar-refractivity contribution is 7.10. The van der Waals surface area contributed by atoms with Crippen LogP contribution < -0.4 is 5.32 Å². The van der Waals surface area contributed by atoms with Gasteiger partial charge in [0.2, 0.25) is 5.91 Å². The first kappa shape index (κ1) is 16.4. The molecule has 2 heterocycles. The third-order valence-electron chi connectivity index (χ3n) is 4.35. The first-order valence-electron chi connectivity index (χ1n) is 7.91. The largest absolute Gasteiger partial charge is 0.379 e. The molecule has 1 aromatic carbocycles. The van der Waals surface area contributed by atoms with Crippen LogP contribution in [0.5, 0.6) is 0 Å². The van der Waals surface area contributed by atoms with E-state index in [0.717, 1.165) is 13.0 Å². The van der Waals surface area contributed by atoms with Gasteiger partial charge in [-0.05, 0) is 36.4 Å². The fraction of sp³-hybridized carbons (Fsp3) is 0.353. The lowest BCUT2D eigenvalue weighted by Crippen LogP contribution is -2.38. The number of para-hydroxylation sites is 2. The minimum atomic E-state index is -0.422. The molecule has 6 nitrogen and oxygen atoms in total. The highest BCUT2D eigenvalue weighted by Crippen LogP contribution is 2.33. The number of carbonyl (C=O) groups excluding carboxylic acids is 1. The van der Waals surface area contributed by atoms with Crippen molar-refractivity contribution in [3.8, 4) is 0 Å². The van der Waals surface area contributed by atoms with Crippen molar-refractivity contribution in [2.24, 2.45) is 0 Å². The summed E-state index contributed by atoms with van der Waals surface area (Å²) < 4.78 is 0. The second-order valence-corrected chi connectivity index (χ2v) is 6.76. The summed E-state index contributed by atoms with van der Waals surface area (Å²) in [7, 11) is 0. The van der Waals surface area contributed by atoms with Crippen molar-refractivity contribution in [3.05, 3.63) is 56.3 Å². The summed E-state index contributed by atoms with van der Waals surface area (Å²) in [6.07, 6.45) is 1.22. The van der Waals surface area contributed by atoms with Crippen LogP contribution in [0.25, 0.3) is 0 Å². The Morgan fingerprint density at radius 2 is 2.21 bits per heavy atom. The summed E-state index contributed by atoms with van der Waals surface area (Å²) in [4.78, 5) is 26.3. The first-order valence-corrected chi connectivity index (χ1v) is 8.79. The second kappa shape index (κ2) is 7.00. The third kappa shape index (κ3) is 3.26. The van der Waals surface area contributed by atoms with Crippen molar-refractivity contribution in [3.63, 3.8) is 0 Å². The molecule has 0 unspecified atom stereocenters. The zero-order chi connectivity index (χ0) is 17.1. The van der Waals surface area contributed by atoms with Gasteiger partial charge in [0.15, 0.2) is 0 Å². The fourth-order valence-electron chi connectivity index (χ4n) is 3.08. The van der Waals surface area contributed by atoms with Crippen molar-refractivity contribution in [1.29, 1.82) is 0 Å². The lowest BCUT2D eigenvalue weighted by atomic mass is 10.0. The van der Waals surface area contributed by atoms with Crippen LogP contribution in [-0.4, -0.2) is 28.8 Å². The molecule has 1 amide bonds. The number of benzene rings is 1. The van der Waals surface area contributed by atoms with E-state index in [1.165, 1.54) is 16.5 Å². The van der Waals surface area contributed by atoms with Gasteiger partial charge in [0.25, 0.3) is 5.69 Å². The predicted octanol–water partition coefficient (Wildman–Crippen LogP) is 3.60. The predicted molar refractivity (Wildman–Crippen MR) is 94.4 cm³/mol. The summed E-state index contributed by atoms with van der Waals surface area (Å²) in [5.41, 5.74) is 1.72. The van der Waals surface area contributed by atoms with Gasteiger partial charge in [-0.1, -0.05) is 12.1 Å². The summed E-state index contributed by atoms with van der Waals surface area (Å²) in [5.74, 6) is 0.0745. The zero-order valence-electron chi connectivity index (χ0n) is 13.4. The summed E-state index contributed by atoms with van der Waals surface area (Å²) >= 11 is 1.75. The third-order valence-corrected chi connectivity index (χ3v) is 5.35. The molecule has 0 radical (unpaired) electrons. The average Bonchev–Trinajstić information content (AvgIpc) is 3.05. The number of nitro benzene ring substituents is 1. The molecule has 0 bridgehead atoms. The van der Waals surface area contributed by atoms with Crippen LogP contribution in [-0.2, 0) is 11.2 Å². The summed E-state index contributed by atoms with van der Waals surface area (Å²) in [6.45, 7) is 3.17. The molecule has 3 rings (SSSR count). The topological polar surface area (TPSA) is 75.5 Å². The summed E-state index contributed by atoms with van der Waals surface area (Å²) in [5, 5.41) is 16.1. The van der Waals surface area contributed by atoms with Gasteiger partial charge in [0.05, 0.1) is 11.0 Å².